The summed E-state index contributed by atoms with van der Waals surface area (Å²) in [6.45, 7) is 4.82. The number of aryl methyl sites for hydroxylation is 1. The van der Waals surface area contributed by atoms with Gasteiger partial charge in [-0.1, -0.05) is 31.5 Å². The van der Waals surface area contributed by atoms with E-state index >= 15 is 0 Å². The smallest absolute Gasteiger partial charge is 0.226 e. The molecule has 0 radical (unpaired) electrons. The highest BCUT2D eigenvalue weighted by atomic mass is 16.5. The van der Waals surface area contributed by atoms with E-state index in [-0.39, 0.29) is 11.8 Å². The molecule has 3 rings (SSSR count). The first-order chi connectivity index (χ1) is 10.7. The summed E-state index contributed by atoms with van der Waals surface area (Å²) >= 11 is 0. The number of hydrogen-bond acceptors (Lipinski definition) is 3. The van der Waals surface area contributed by atoms with Crippen LogP contribution in [0.5, 0.6) is 5.75 Å². The normalized spacial score (nSPS) is 17.0. The van der Waals surface area contributed by atoms with Crippen molar-refractivity contribution in [1.82, 2.24) is 10.2 Å². The fourth-order valence-electron chi connectivity index (χ4n) is 2.92. The number of benzene rings is 1. The van der Waals surface area contributed by atoms with E-state index in [0.717, 1.165) is 35.4 Å². The van der Waals surface area contributed by atoms with Gasteiger partial charge in [0.05, 0.1) is 6.61 Å². The Morgan fingerprint density at radius 3 is 3.00 bits per heavy atom. The number of hydrogen-bond donors (Lipinski definition) is 2. The summed E-state index contributed by atoms with van der Waals surface area (Å²) in [4.78, 5) is 12.0. The van der Waals surface area contributed by atoms with E-state index in [1.165, 1.54) is 0 Å². The highest BCUT2D eigenvalue weighted by Gasteiger charge is 2.31. The molecule has 0 saturated heterocycles. The molecule has 2 aromatic rings. The maximum atomic E-state index is 12.0. The zero-order valence-corrected chi connectivity index (χ0v) is 13.0. The number of anilines is 1. The molecule has 1 aliphatic heterocycles. The fraction of sp³-hybridized carbons (Fsp3) is 0.412. The van der Waals surface area contributed by atoms with Crippen LogP contribution in [0.25, 0.3) is 0 Å². The number of aromatic nitrogens is 2. The van der Waals surface area contributed by atoms with Gasteiger partial charge in [0.1, 0.15) is 5.75 Å². The minimum atomic E-state index is -0.0136. The lowest BCUT2D eigenvalue weighted by Crippen LogP contribution is -2.23. The van der Waals surface area contributed by atoms with Crippen LogP contribution in [0.15, 0.2) is 24.3 Å². The summed E-state index contributed by atoms with van der Waals surface area (Å²) in [5.41, 5.74) is 3.11. The first kappa shape index (κ1) is 14.6. The van der Waals surface area contributed by atoms with Crippen molar-refractivity contribution in [1.29, 1.82) is 0 Å². The Bertz CT molecular complexity index is 678. The van der Waals surface area contributed by atoms with E-state index < -0.39 is 0 Å². The molecule has 22 heavy (non-hydrogen) atoms. The van der Waals surface area contributed by atoms with Crippen LogP contribution < -0.4 is 10.1 Å². The van der Waals surface area contributed by atoms with Gasteiger partial charge in [-0.2, -0.15) is 5.10 Å². The SMILES string of the molecule is CCCCOc1ccccc1[C@@H]1CC(=O)Nc2n[nH]c(C)c21. The zero-order chi connectivity index (χ0) is 15.5. The van der Waals surface area contributed by atoms with Gasteiger partial charge in [0.2, 0.25) is 5.91 Å². The van der Waals surface area contributed by atoms with Crippen molar-refractivity contribution in [3.63, 3.8) is 0 Å². The van der Waals surface area contributed by atoms with E-state index in [1.54, 1.807) is 0 Å². The van der Waals surface area contributed by atoms with E-state index in [9.17, 15) is 4.79 Å². The van der Waals surface area contributed by atoms with Gasteiger partial charge in [-0.15, -0.1) is 0 Å². The van der Waals surface area contributed by atoms with Crippen LogP contribution in [0.3, 0.4) is 0 Å². The molecule has 5 heteroatoms. The summed E-state index contributed by atoms with van der Waals surface area (Å²) in [6, 6.07) is 7.98. The van der Waals surface area contributed by atoms with Crippen LogP contribution in [-0.2, 0) is 4.79 Å². The number of rotatable bonds is 5. The van der Waals surface area contributed by atoms with Crippen molar-refractivity contribution in [2.75, 3.05) is 11.9 Å². The lowest BCUT2D eigenvalue weighted by atomic mass is 9.85. The number of carbonyl (C=O) groups is 1. The highest BCUT2D eigenvalue weighted by Crippen LogP contribution is 2.41. The lowest BCUT2D eigenvalue weighted by Gasteiger charge is -2.24. The van der Waals surface area contributed by atoms with Crippen LogP contribution >= 0.6 is 0 Å². The van der Waals surface area contributed by atoms with Gasteiger partial charge in [0.25, 0.3) is 0 Å². The number of H-pyrrole nitrogens is 1. The Labute approximate surface area is 130 Å². The molecule has 1 atom stereocenters. The predicted octanol–water partition coefficient (Wildman–Crippen LogP) is 3.37. The van der Waals surface area contributed by atoms with Gasteiger partial charge in [-0.05, 0) is 19.4 Å². The first-order valence-corrected chi connectivity index (χ1v) is 7.77. The van der Waals surface area contributed by atoms with Gasteiger partial charge >= 0.3 is 0 Å². The van der Waals surface area contributed by atoms with E-state index in [2.05, 4.69) is 22.4 Å². The van der Waals surface area contributed by atoms with Gasteiger partial charge in [0, 0.05) is 29.2 Å². The monoisotopic (exact) mass is 299 g/mol. The standard InChI is InChI=1S/C17H21N3O2/c1-3-4-9-22-14-8-6-5-7-12(14)13-10-15(21)18-17-16(13)11(2)19-20-17/h5-8,13H,3-4,9-10H2,1-2H3,(H2,18,19,20,21)/t13-/m0/s1. The van der Waals surface area contributed by atoms with Crippen molar-refractivity contribution in [3.8, 4) is 5.75 Å². The van der Waals surface area contributed by atoms with Crippen LogP contribution in [-0.4, -0.2) is 22.7 Å². The van der Waals surface area contributed by atoms with Crippen LogP contribution in [0, 0.1) is 6.92 Å². The van der Waals surface area contributed by atoms with Gasteiger partial charge in [-0.3, -0.25) is 9.89 Å². The number of fused-ring (bicyclic) bond motifs is 1. The van der Waals surface area contributed by atoms with E-state index in [0.29, 0.717) is 18.8 Å². The Hall–Kier alpha value is -2.30. The quantitative estimate of drug-likeness (QED) is 0.832. The van der Waals surface area contributed by atoms with Crippen molar-refractivity contribution in [2.24, 2.45) is 0 Å². The molecule has 0 fully saturated rings. The summed E-state index contributed by atoms with van der Waals surface area (Å²) < 4.78 is 5.94. The number of nitrogens with zero attached hydrogens (tertiary/aromatic N) is 1. The van der Waals surface area contributed by atoms with Crippen LogP contribution in [0.2, 0.25) is 0 Å². The van der Waals surface area contributed by atoms with Crippen LogP contribution in [0.4, 0.5) is 5.82 Å². The number of ether oxygens (including phenoxy) is 1. The highest BCUT2D eigenvalue weighted by molar-refractivity contribution is 5.94. The molecule has 2 N–H and O–H groups in total. The molecule has 0 unspecified atom stereocenters. The molecule has 1 aliphatic rings. The minimum absolute atomic E-state index is 0.00707. The summed E-state index contributed by atoms with van der Waals surface area (Å²) in [5.74, 6) is 1.48. The average Bonchev–Trinajstić information content (AvgIpc) is 2.88. The Morgan fingerprint density at radius 2 is 2.18 bits per heavy atom. The molecular weight excluding hydrogens is 278 g/mol. The molecule has 1 amide bonds. The third-order valence-electron chi connectivity index (χ3n) is 4.04. The van der Waals surface area contributed by atoms with Crippen LogP contribution in [0.1, 0.15) is 48.9 Å². The Balaban J connectivity index is 1.97. The van der Waals surface area contributed by atoms with Gasteiger partial charge < -0.3 is 10.1 Å². The maximum Gasteiger partial charge on any atom is 0.226 e. The summed E-state index contributed by atoms with van der Waals surface area (Å²) in [7, 11) is 0. The number of aromatic amines is 1. The number of para-hydroxylation sites is 1. The third-order valence-corrected chi connectivity index (χ3v) is 4.04. The molecule has 1 aromatic carbocycles. The minimum Gasteiger partial charge on any atom is -0.493 e. The maximum absolute atomic E-state index is 12.0. The molecule has 5 nitrogen and oxygen atoms in total. The zero-order valence-electron chi connectivity index (χ0n) is 13.0. The van der Waals surface area contributed by atoms with Crippen molar-refractivity contribution < 1.29 is 9.53 Å². The van der Waals surface area contributed by atoms with Crippen molar-refractivity contribution >= 4 is 11.7 Å². The van der Waals surface area contributed by atoms with Gasteiger partial charge in [-0.25, -0.2) is 0 Å². The molecule has 2 heterocycles. The molecule has 116 valence electrons. The predicted molar refractivity (Wildman–Crippen MR) is 85.3 cm³/mol. The molecule has 0 spiro atoms. The molecule has 0 bridgehead atoms. The third kappa shape index (κ3) is 2.71. The Kier molecular flexibility index (Phi) is 4.13. The van der Waals surface area contributed by atoms with Crippen molar-refractivity contribution in [2.45, 2.75) is 39.0 Å². The number of unbranched alkanes of at least 4 members (excludes halogenated alkanes) is 1. The first-order valence-electron chi connectivity index (χ1n) is 7.77. The number of amides is 1. The second-order valence-electron chi connectivity index (χ2n) is 5.66. The summed E-state index contributed by atoms with van der Waals surface area (Å²) in [6.07, 6.45) is 2.54. The second-order valence-corrected chi connectivity index (χ2v) is 5.66. The fourth-order valence-corrected chi connectivity index (χ4v) is 2.92. The van der Waals surface area contributed by atoms with Gasteiger partial charge in [0.15, 0.2) is 5.82 Å². The Morgan fingerprint density at radius 1 is 1.36 bits per heavy atom. The molecule has 1 aromatic heterocycles. The lowest BCUT2D eigenvalue weighted by molar-refractivity contribution is -0.116. The average molecular weight is 299 g/mol. The number of carbonyl (C=O) groups excluding carboxylic acids is 1. The molecule has 0 saturated carbocycles. The topological polar surface area (TPSA) is 67.0 Å². The largest absolute Gasteiger partial charge is 0.493 e. The number of nitrogens with one attached hydrogen (secondary N) is 2. The summed E-state index contributed by atoms with van der Waals surface area (Å²) in [5, 5.41) is 9.99. The molecular formula is C17H21N3O2. The molecule has 0 aliphatic carbocycles. The van der Waals surface area contributed by atoms with E-state index in [4.69, 9.17) is 4.74 Å². The second kappa shape index (κ2) is 6.22. The van der Waals surface area contributed by atoms with Crippen molar-refractivity contribution in [3.05, 3.63) is 41.1 Å². The van der Waals surface area contributed by atoms with E-state index in [1.807, 2.05) is 31.2 Å².